The van der Waals surface area contributed by atoms with E-state index in [2.05, 4.69) is 118 Å². The minimum Gasteiger partial charge on any atom is -0.457 e. The third-order valence-electron chi connectivity index (χ3n) is 8.69. The molecule has 0 fully saturated rings. The van der Waals surface area contributed by atoms with Crippen molar-refractivity contribution in [2.24, 2.45) is 0 Å². The molecule has 0 radical (unpaired) electrons. The van der Waals surface area contributed by atoms with Crippen molar-refractivity contribution in [2.45, 2.75) is 6.92 Å². The summed E-state index contributed by atoms with van der Waals surface area (Å²) in [5.41, 5.74) is 9.57. The minimum absolute atomic E-state index is 0.747. The van der Waals surface area contributed by atoms with Crippen molar-refractivity contribution in [3.05, 3.63) is 157 Å². The quantitative estimate of drug-likeness (QED) is 0.200. The van der Waals surface area contributed by atoms with Crippen molar-refractivity contribution in [3.8, 4) is 34.1 Å². The number of ether oxygens (including phenoxy) is 1. The van der Waals surface area contributed by atoms with E-state index in [1.165, 1.54) is 32.8 Å². The smallest absolute Gasteiger partial charge is 0.145 e. The van der Waals surface area contributed by atoms with E-state index in [9.17, 15) is 0 Å². The zero-order valence-electron chi connectivity index (χ0n) is 25.1. The lowest BCUT2D eigenvalue weighted by atomic mass is 10.1. The summed E-state index contributed by atoms with van der Waals surface area (Å²) in [5, 5.41) is 4.72. The molecule has 0 aliphatic heterocycles. The Morgan fingerprint density at radius 1 is 0.522 bits per heavy atom. The molecule has 4 aromatic heterocycles. The third-order valence-corrected chi connectivity index (χ3v) is 8.69. The fraction of sp³-hybridized carbons (Fsp3) is 0.0244. The van der Waals surface area contributed by atoms with Crippen molar-refractivity contribution >= 4 is 43.7 Å². The van der Waals surface area contributed by atoms with Crippen LogP contribution in [0, 0.1) is 6.92 Å². The van der Waals surface area contributed by atoms with Gasteiger partial charge in [0, 0.05) is 51.3 Å². The molecule has 9 aromatic rings. The van der Waals surface area contributed by atoms with Gasteiger partial charge >= 0.3 is 0 Å². The summed E-state index contributed by atoms with van der Waals surface area (Å²) in [7, 11) is 0. The molecule has 0 bridgehead atoms. The van der Waals surface area contributed by atoms with E-state index >= 15 is 0 Å². The van der Waals surface area contributed by atoms with Crippen LogP contribution in [0.4, 0.5) is 0 Å². The number of para-hydroxylation sites is 2. The number of hydrogen-bond donors (Lipinski definition) is 0. The maximum atomic E-state index is 6.46. The van der Waals surface area contributed by atoms with Crippen LogP contribution in [0.2, 0.25) is 0 Å². The molecule has 0 aliphatic carbocycles. The van der Waals surface area contributed by atoms with Crippen LogP contribution in [-0.2, 0) is 0 Å². The van der Waals surface area contributed by atoms with Gasteiger partial charge in [-0.1, -0.05) is 60.7 Å². The highest BCUT2D eigenvalue weighted by Crippen LogP contribution is 2.41. The lowest BCUT2D eigenvalue weighted by Gasteiger charge is -2.12. The molecule has 0 spiro atoms. The van der Waals surface area contributed by atoms with E-state index in [1.807, 2.05) is 54.9 Å². The Balaban J connectivity index is 1.24. The van der Waals surface area contributed by atoms with Crippen molar-refractivity contribution in [3.63, 3.8) is 0 Å². The number of fused-ring (bicyclic) bond motifs is 7. The van der Waals surface area contributed by atoms with Gasteiger partial charge in [-0.15, -0.1) is 0 Å². The number of nitrogens with zero attached hydrogens (tertiary/aromatic N) is 4. The molecule has 0 N–H and O–H groups in total. The second-order valence-corrected chi connectivity index (χ2v) is 11.6. The Morgan fingerprint density at radius 3 is 2.20 bits per heavy atom. The van der Waals surface area contributed by atoms with Gasteiger partial charge in [0.1, 0.15) is 17.1 Å². The summed E-state index contributed by atoms with van der Waals surface area (Å²) in [5.74, 6) is 1.50. The van der Waals surface area contributed by atoms with Crippen LogP contribution in [0.25, 0.3) is 66.4 Å². The number of benzene rings is 5. The highest BCUT2D eigenvalue weighted by atomic mass is 16.5. The van der Waals surface area contributed by atoms with Gasteiger partial charge in [-0.05, 0) is 85.3 Å². The van der Waals surface area contributed by atoms with Crippen LogP contribution in [0.3, 0.4) is 0 Å². The molecule has 0 aliphatic rings. The first kappa shape index (κ1) is 26.2. The Kier molecular flexibility index (Phi) is 5.96. The molecule has 5 nitrogen and oxygen atoms in total. The van der Waals surface area contributed by atoms with Gasteiger partial charge in [0.2, 0.25) is 0 Å². The van der Waals surface area contributed by atoms with Gasteiger partial charge in [0.05, 0.1) is 27.9 Å². The normalized spacial score (nSPS) is 11.6. The summed E-state index contributed by atoms with van der Waals surface area (Å²) < 4.78 is 11.1. The topological polar surface area (TPSA) is 44.9 Å². The lowest BCUT2D eigenvalue weighted by molar-refractivity contribution is 0.482. The predicted octanol–water partition coefficient (Wildman–Crippen LogP) is 10.4. The van der Waals surface area contributed by atoms with Crippen LogP contribution in [0.1, 0.15) is 5.56 Å². The van der Waals surface area contributed by atoms with E-state index < -0.39 is 0 Å². The number of rotatable bonds is 5. The summed E-state index contributed by atoms with van der Waals surface area (Å²) in [6.07, 6.45) is 3.71. The number of aryl methyl sites for hydroxylation is 1. The summed E-state index contributed by atoms with van der Waals surface area (Å²) in [4.78, 5) is 9.49. The van der Waals surface area contributed by atoms with Crippen molar-refractivity contribution in [1.82, 2.24) is 19.1 Å². The number of aromatic nitrogens is 4. The average molecular weight is 593 g/mol. The monoisotopic (exact) mass is 592 g/mol. The Hall–Kier alpha value is -6.20. The zero-order chi connectivity index (χ0) is 30.6. The van der Waals surface area contributed by atoms with Crippen molar-refractivity contribution in [2.75, 3.05) is 0 Å². The molecule has 0 atom stereocenters. The van der Waals surface area contributed by atoms with Crippen LogP contribution < -0.4 is 4.74 Å². The van der Waals surface area contributed by atoms with Crippen molar-refractivity contribution < 1.29 is 4.74 Å². The average Bonchev–Trinajstić information content (AvgIpc) is 3.62. The molecule has 218 valence electrons. The molecule has 0 unspecified atom stereocenters. The van der Waals surface area contributed by atoms with E-state index in [0.717, 1.165) is 50.7 Å². The Bertz CT molecular complexity index is 2580. The molecule has 9 rings (SSSR count). The van der Waals surface area contributed by atoms with Gasteiger partial charge < -0.3 is 9.30 Å². The highest BCUT2D eigenvalue weighted by Gasteiger charge is 2.21. The molecule has 0 amide bonds. The summed E-state index contributed by atoms with van der Waals surface area (Å²) in [6, 6.07) is 48.3. The van der Waals surface area contributed by atoms with Gasteiger partial charge in [-0.2, -0.15) is 0 Å². The number of pyridine rings is 2. The van der Waals surface area contributed by atoms with Crippen LogP contribution in [0.15, 0.2) is 152 Å². The first-order valence-electron chi connectivity index (χ1n) is 15.4. The molecule has 5 heteroatoms. The van der Waals surface area contributed by atoms with Crippen LogP contribution >= 0.6 is 0 Å². The first-order valence-corrected chi connectivity index (χ1v) is 15.4. The number of hydrogen-bond acceptors (Lipinski definition) is 3. The second kappa shape index (κ2) is 10.5. The fourth-order valence-electron chi connectivity index (χ4n) is 6.72. The van der Waals surface area contributed by atoms with Crippen LogP contribution in [0.5, 0.6) is 11.5 Å². The van der Waals surface area contributed by atoms with Gasteiger partial charge in [0.15, 0.2) is 0 Å². The first-order chi connectivity index (χ1) is 22.7. The van der Waals surface area contributed by atoms with Gasteiger partial charge in [0.25, 0.3) is 0 Å². The second-order valence-electron chi connectivity index (χ2n) is 11.6. The molecular formula is C41H28N4O. The molecule has 0 saturated heterocycles. The SMILES string of the molecule is Cc1ccnc(-c2cccc(Oc3cccc(-n4c5ccc6c7ccccc7n(-c7ccccc7)c6c5c5cccnc54)c3)c2)c1. The summed E-state index contributed by atoms with van der Waals surface area (Å²) >= 11 is 0. The molecule has 5 aromatic carbocycles. The fourth-order valence-corrected chi connectivity index (χ4v) is 6.72. The standard InChI is InChI=1S/C41H28N4O/c1-27-21-23-42-36(24-27)28-10-7-14-31(25-28)46-32-15-8-13-30(26-32)45-38-20-19-34-33-16-5-6-18-37(33)44(29-11-3-2-4-12-29)40(34)39(38)35-17-9-22-43-41(35)45/h2-26H,1H3. The highest BCUT2D eigenvalue weighted by molar-refractivity contribution is 6.25. The molecular weight excluding hydrogens is 564 g/mol. The van der Waals surface area contributed by atoms with Crippen LogP contribution in [-0.4, -0.2) is 19.1 Å². The Labute approximate surface area is 265 Å². The van der Waals surface area contributed by atoms with Gasteiger partial charge in [-0.3, -0.25) is 9.55 Å². The largest absolute Gasteiger partial charge is 0.457 e. The molecule has 4 heterocycles. The molecule has 46 heavy (non-hydrogen) atoms. The van der Waals surface area contributed by atoms with E-state index in [4.69, 9.17) is 9.72 Å². The maximum Gasteiger partial charge on any atom is 0.145 e. The van der Waals surface area contributed by atoms with E-state index in [1.54, 1.807) is 0 Å². The Morgan fingerprint density at radius 2 is 1.30 bits per heavy atom. The summed E-state index contributed by atoms with van der Waals surface area (Å²) in [6.45, 7) is 2.08. The maximum absolute atomic E-state index is 6.46. The third kappa shape index (κ3) is 4.17. The van der Waals surface area contributed by atoms with Gasteiger partial charge in [-0.25, -0.2) is 4.98 Å². The van der Waals surface area contributed by atoms with Crippen molar-refractivity contribution in [1.29, 1.82) is 0 Å². The zero-order valence-corrected chi connectivity index (χ0v) is 25.1. The molecule has 0 saturated carbocycles. The van der Waals surface area contributed by atoms with E-state index in [-0.39, 0.29) is 0 Å². The lowest BCUT2D eigenvalue weighted by Crippen LogP contribution is -1.96. The predicted molar refractivity (Wildman–Crippen MR) is 187 cm³/mol. The van der Waals surface area contributed by atoms with E-state index in [0.29, 0.717) is 0 Å². The minimum atomic E-state index is 0.747.